The van der Waals surface area contributed by atoms with Crippen LogP contribution >= 0.6 is 0 Å². The van der Waals surface area contributed by atoms with Crippen molar-refractivity contribution in [3.8, 4) is 0 Å². The number of carbonyl (C=O) groups is 4. The number of methoxy groups -OCH3 is 1. The summed E-state index contributed by atoms with van der Waals surface area (Å²) in [4.78, 5) is 70.1. The molecule has 78 heavy (non-hydrogen) atoms. The maximum absolute atomic E-state index is 14.8. The highest BCUT2D eigenvalue weighted by atomic mass is 16.8. The van der Waals surface area contributed by atoms with E-state index in [1.54, 1.807) is 40.7 Å². The predicted molar refractivity (Wildman–Crippen MR) is 286 cm³/mol. The number of aromatic carboxylic acids is 1. The van der Waals surface area contributed by atoms with Gasteiger partial charge in [0.15, 0.2) is 30.4 Å². The normalized spacial score (nSPS) is 38.0. The zero-order valence-corrected chi connectivity index (χ0v) is 48.3. The molecule has 1 aromatic heterocycles. The zero-order chi connectivity index (χ0) is 57.3. The van der Waals surface area contributed by atoms with Gasteiger partial charge in [0.05, 0.1) is 47.9 Å². The molecule has 5 aliphatic rings. The molecule has 6 heterocycles. The minimum Gasteiger partial charge on any atom is -0.477 e. The first kappa shape index (κ1) is 61.3. The summed E-state index contributed by atoms with van der Waals surface area (Å²) in [5, 5.41) is 38.0. The van der Waals surface area contributed by atoms with E-state index >= 15 is 0 Å². The van der Waals surface area contributed by atoms with E-state index in [9.17, 15) is 39.3 Å². The Morgan fingerprint density at radius 1 is 0.962 bits per heavy atom. The van der Waals surface area contributed by atoms with Crippen molar-refractivity contribution < 1.29 is 77.1 Å². The molecule has 0 amide bonds. The molecule has 7 rings (SSSR count). The van der Waals surface area contributed by atoms with Gasteiger partial charge < -0.3 is 72.7 Å². The summed E-state index contributed by atoms with van der Waals surface area (Å²) in [7, 11) is 7.18. The van der Waals surface area contributed by atoms with Gasteiger partial charge in [-0.2, -0.15) is 0 Å². The van der Waals surface area contributed by atoms with Crippen molar-refractivity contribution in [3.63, 3.8) is 0 Å². The van der Waals surface area contributed by atoms with Gasteiger partial charge >= 0.3 is 24.1 Å². The zero-order valence-electron chi connectivity index (χ0n) is 48.3. The molecule has 0 saturated carbocycles. The number of aliphatic hydroxyl groups is 2. The topological polar surface area (TPSA) is 253 Å². The van der Waals surface area contributed by atoms with Gasteiger partial charge in [0, 0.05) is 62.7 Å². The summed E-state index contributed by atoms with van der Waals surface area (Å²) in [6.07, 6.45) is -5.46. The maximum Gasteiger partial charge on any atom is 0.509 e. The summed E-state index contributed by atoms with van der Waals surface area (Å²) in [5.74, 6) is -4.46. The van der Waals surface area contributed by atoms with Gasteiger partial charge in [-0.1, -0.05) is 26.8 Å². The van der Waals surface area contributed by atoms with E-state index in [1.807, 2.05) is 70.1 Å². The minimum atomic E-state index is -1.62. The van der Waals surface area contributed by atoms with Crippen LogP contribution in [0.5, 0.6) is 0 Å². The Labute approximate surface area is 458 Å². The number of aromatic nitrogens is 1. The fourth-order valence-corrected chi connectivity index (χ4v) is 13.1. The number of carboxylic acid groups (broad SMARTS) is 1. The second kappa shape index (κ2) is 24.8. The summed E-state index contributed by atoms with van der Waals surface area (Å²) in [6, 6.07) is 3.16. The third-order valence-electron chi connectivity index (χ3n) is 17.4. The van der Waals surface area contributed by atoms with Crippen molar-refractivity contribution in [1.29, 1.82) is 0 Å². The number of fused-ring (bicyclic) bond motifs is 1. The molecule has 0 unspecified atom stereocenters. The Hall–Kier alpha value is -4.29. The van der Waals surface area contributed by atoms with Crippen molar-refractivity contribution >= 4 is 35.0 Å². The SMILES string of the molecule is CC[C@H]1OC(=O)[C@H](C)[C@@H](O[C@H]2C[C@@](C)(OC)[C@@H](OC(=O)CCNCCCc3cc4c5c(c3)c(=O)c(C(=O)O)cn5CC4)[C@H](C)O2)[C@H](C)[C@@H](O[C@@H]2O[C@H](C)C[C@H](N(C)C)[C@H]2O)[C@](C)(O)C[C@@H](C)CN(C)[C@@H](C)[C@@H]2OC(=O)O[C@]12C. The molecular weight excluding hydrogens is 1010 g/mol. The first-order valence-electron chi connectivity index (χ1n) is 28.0. The highest BCUT2D eigenvalue weighted by molar-refractivity contribution is 5.94. The first-order valence-corrected chi connectivity index (χ1v) is 28.0. The first-order chi connectivity index (χ1) is 36.6. The van der Waals surface area contributed by atoms with Crippen molar-refractivity contribution in [2.75, 3.05) is 47.9 Å². The lowest BCUT2D eigenvalue weighted by atomic mass is 9.77. The van der Waals surface area contributed by atoms with E-state index in [4.69, 9.17) is 42.6 Å². The molecule has 438 valence electrons. The fraction of sp³-hybridized carbons (Fsp3) is 0.772. The summed E-state index contributed by atoms with van der Waals surface area (Å²) in [6.45, 7) is 20.1. The summed E-state index contributed by atoms with van der Waals surface area (Å²) in [5.41, 5.74) is -2.08. The van der Waals surface area contributed by atoms with Gasteiger partial charge in [-0.25, -0.2) is 9.59 Å². The lowest BCUT2D eigenvalue weighted by molar-refractivity contribution is -0.318. The van der Waals surface area contributed by atoms with Crippen LogP contribution in [-0.2, 0) is 71.6 Å². The van der Waals surface area contributed by atoms with E-state index < -0.39 is 119 Å². The molecule has 21 nitrogen and oxygen atoms in total. The molecule has 4 N–H and O–H groups in total. The fourth-order valence-electron chi connectivity index (χ4n) is 13.1. The summed E-state index contributed by atoms with van der Waals surface area (Å²) < 4.78 is 58.9. The third-order valence-corrected chi connectivity index (χ3v) is 17.4. The Morgan fingerprint density at radius 2 is 1.68 bits per heavy atom. The summed E-state index contributed by atoms with van der Waals surface area (Å²) >= 11 is 0. The molecule has 4 fully saturated rings. The number of cyclic esters (lactones) is 1. The molecule has 1 aromatic carbocycles. The molecule has 2 aromatic rings. The van der Waals surface area contributed by atoms with Gasteiger partial charge in [-0.3, -0.25) is 19.3 Å². The van der Waals surface area contributed by atoms with E-state index in [0.717, 1.165) is 23.1 Å². The minimum absolute atomic E-state index is 0.0479. The molecule has 0 aliphatic carbocycles. The van der Waals surface area contributed by atoms with Crippen LogP contribution in [0.25, 0.3) is 10.9 Å². The second-order valence-corrected chi connectivity index (χ2v) is 23.9. The number of esters is 2. The van der Waals surface area contributed by atoms with E-state index in [2.05, 4.69) is 11.4 Å². The Kier molecular flexibility index (Phi) is 19.5. The lowest BCUT2D eigenvalue weighted by Gasteiger charge is -2.49. The Bertz CT molecular complexity index is 2520. The third kappa shape index (κ3) is 13.1. The number of carbonyl (C=O) groups excluding carboxylic acids is 3. The second-order valence-electron chi connectivity index (χ2n) is 23.9. The smallest absolute Gasteiger partial charge is 0.477 e. The number of hydrogen-bond donors (Lipinski definition) is 4. The number of carboxylic acids is 1. The van der Waals surface area contributed by atoms with Crippen LogP contribution in [0.3, 0.4) is 0 Å². The number of ether oxygens (including phenoxy) is 9. The van der Waals surface area contributed by atoms with Crippen LogP contribution < -0.4 is 10.7 Å². The predicted octanol–water partition coefficient (Wildman–Crippen LogP) is 4.82. The molecule has 4 saturated heterocycles. The van der Waals surface area contributed by atoms with Crippen molar-refractivity contribution in [2.24, 2.45) is 17.8 Å². The van der Waals surface area contributed by atoms with E-state index in [0.29, 0.717) is 50.8 Å². The number of aryl methyl sites for hydroxylation is 3. The van der Waals surface area contributed by atoms with Gasteiger partial charge in [-0.15, -0.1) is 0 Å². The molecule has 0 radical (unpaired) electrons. The number of likely N-dealkylation sites (N-methyl/N-ethyl adjacent to an activating group) is 2. The highest BCUT2D eigenvalue weighted by Gasteiger charge is 2.58. The van der Waals surface area contributed by atoms with Crippen molar-refractivity contribution in [1.82, 2.24) is 19.7 Å². The Balaban J connectivity index is 1.07. The molecule has 5 aliphatic heterocycles. The number of benzene rings is 1. The van der Waals surface area contributed by atoms with Crippen molar-refractivity contribution in [3.05, 3.63) is 45.2 Å². The van der Waals surface area contributed by atoms with Gasteiger partial charge in [0.1, 0.15) is 23.4 Å². The molecule has 0 spiro atoms. The van der Waals surface area contributed by atoms with E-state index in [-0.39, 0.29) is 49.3 Å². The largest absolute Gasteiger partial charge is 0.509 e. The number of pyridine rings is 1. The van der Waals surface area contributed by atoms with Crippen LogP contribution in [0.1, 0.15) is 129 Å². The lowest BCUT2D eigenvalue weighted by Crippen LogP contribution is -2.61. The number of aliphatic hydroxyl groups excluding tert-OH is 1. The number of nitrogens with zero attached hydrogens (tertiary/aromatic N) is 3. The molecule has 18 atom stereocenters. The van der Waals surface area contributed by atoms with Gasteiger partial charge in [0.2, 0.25) is 5.43 Å². The average Bonchev–Trinajstić information content (AvgIpc) is 4.03. The monoisotopic (exact) mass is 1100 g/mol. The maximum atomic E-state index is 14.8. The molecule has 21 heteroatoms. The van der Waals surface area contributed by atoms with E-state index in [1.165, 1.54) is 13.3 Å². The van der Waals surface area contributed by atoms with Crippen molar-refractivity contribution in [2.45, 2.75) is 217 Å². The standard InChI is InChI=1S/C57H88N4O17/c1-15-41-57(10)49(77-54(68)78-57)34(6)60(13)28-30(2)26-55(8,69)48(76-53-46(64)40(59(11)12)23-31(3)71-53)32(4)47(33(5)52(67)73-41)75-43-27-56(9,70-14)50(35(7)72-43)74-42(62)18-21-58-20-16-17-36-24-37-19-22-61-29-39(51(65)66)45(63)38(25-36)44(37)61/h24-25,29-35,40-41,43,46-50,53,58,64,69H,15-23,26-28H2,1-14H3,(H,65,66)/t30-,31-,32+,33-,34+,35+,40+,41-,43+,46-,47+,48-,49+,50+,53+,55-,56-,57-/m1/s1. The average molecular weight is 1100 g/mol. The van der Waals surface area contributed by atoms with Crippen LogP contribution in [0.4, 0.5) is 4.79 Å². The number of hydrogen-bond acceptors (Lipinski definition) is 19. The highest BCUT2D eigenvalue weighted by Crippen LogP contribution is 2.42. The van der Waals surface area contributed by atoms with Crippen LogP contribution in [-0.4, -0.2) is 192 Å². The van der Waals surface area contributed by atoms with Gasteiger partial charge in [-0.05, 0) is 138 Å². The van der Waals surface area contributed by atoms with Crippen LogP contribution in [0.2, 0.25) is 0 Å². The Morgan fingerprint density at radius 3 is 2.35 bits per heavy atom. The number of nitrogens with one attached hydrogen (secondary N) is 1. The van der Waals surface area contributed by atoms with Gasteiger partial charge in [0.25, 0.3) is 0 Å². The molecular formula is C57H88N4O17. The van der Waals surface area contributed by atoms with Crippen LogP contribution in [0, 0.1) is 17.8 Å². The quantitative estimate of drug-likeness (QED) is 0.0999. The molecule has 0 bridgehead atoms. The number of rotatable bonds is 16. The van der Waals surface area contributed by atoms with Crippen LogP contribution in [0.15, 0.2) is 23.1 Å².